The average molecular weight is 470 g/mol. The van der Waals surface area contributed by atoms with Crippen LogP contribution in [0.2, 0.25) is 0 Å². The van der Waals surface area contributed by atoms with E-state index in [0.29, 0.717) is 6.61 Å². The van der Waals surface area contributed by atoms with Gasteiger partial charge < -0.3 is 19.2 Å². The maximum atomic E-state index is 12.8. The number of hydrogen-bond donors (Lipinski definition) is 1. The molecule has 0 unspecified atom stereocenters. The molecule has 0 fully saturated rings. The van der Waals surface area contributed by atoms with Crippen LogP contribution in [0, 0.1) is 6.92 Å². The molecule has 35 heavy (non-hydrogen) atoms. The van der Waals surface area contributed by atoms with Gasteiger partial charge in [0, 0.05) is 33.8 Å². The van der Waals surface area contributed by atoms with Crippen molar-refractivity contribution in [1.29, 1.82) is 0 Å². The number of anilines is 1. The molecule has 0 atom stereocenters. The summed E-state index contributed by atoms with van der Waals surface area (Å²) in [6, 6.07) is 17.8. The van der Waals surface area contributed by atoms with Gasteiger partial charge in [0.25, 0.3) is 0 Å². The first-order valence-electron chi connectivity index (χ1n) is 11.9. The van der Waals surface area contributed by atoms with Crippen LogP contribution < -0.4 is 14.8 Å². The van der Waals surface area contributed by atoms with Crippen molar-refractivity contribution in [1.82, 2.24) is 0 Å². The third-order valence-corrected chi connectivity index (χ3v) is 6.14. The molecule has 1 heterocycles. The van der Waals surface area contributed by atoms with E-state index in [1.807, 2.05) is 75.4 Å². The van der Waals surface area contributed by atoms with E-state index >= 15 is 0 Å². The minimum absolute atomic E-state index is 0.186. The number of benzene rings is 3. The third kappa shape index (κ3) is 5.09. The SMILES string of the molecule is CCOc1c(/C(C)=C/C(=O)Nc2ccc(CC)cc2)cc2c(-c3ccc(OC)cc3)coc2c1C. The second-order valence-electron chi connectivity index (χ2n) is 8.43. The van der Waals surface area contributed by atoms with E-state index in [0.717, 1.165) is 62.4 Å². The lowest BCUT2D eigenvalue weighted by atomic mass is 9.96. The van der Waals surface area contributed by atoms with Gasteiger partial charge in [0.05, 0.1) is 20.0 Å². The molecule has 180 valence electrons. The summed E-state index contributed by atoms with van der Waals surface area (Å²) in [5.74, 6) is 1.34. The van der Waals surface area contributed by atoms with Gasteiger partial charge in [-0.1, -0.05) is 31.2 Å². The summed E-state index contributed by atoms with van der Waals surface area (Å²) in [5, 5.41) is 3.92. The molecule has 0 saturated heterocycles. The van der Waals surface area contributed by atoms with Crippen LogP contribution in [0.1, 0.15) is 37.5 Å². The summed E-state index contributed by atoms with van der Waals surface area (Å²) in [6.45, 7) is 8.48. The molecule has 0 spiro atoms. The second kappa shape index (κ2) is 10.5. The van der Waals surface area contributed by atoms with Crippen LogP contribution in [0.25, 0.3) is 27.7 Å². The first kappa shape index (κ1) is 24.1. The van der Waals surface area contributed by atoms with Crippen molar-refractivity contribution < 1.29 is 18.7 Å². The highest BCUT2D eigenvalue weighted by Gasteiger charge is 2.19. The van der Waals surface area contributed by atoms with Crippen molar-refractivity contribution in [2.24, 2.45) is 0 Å². The number of nitrogens with one attached hydrogen (secondary N) is 1. The summed E-state index contributed by atoms with van der Waals surface area (Å²) in [5.41, 5.74) is 7.35. The Balaban J connectivity index is 1.73. The van der Waals surface area contributed by atoms with Gasteiger partial charge in [0.2, 0.25) is 5.91 Å². The van der Waals surface area contributed by atoms with Crippen molar-refractivity contribution in [3.05, 3.63) is 83.6 Å². The van der Waals surface area contributed by atoms with Crippen LogP contribution in [0.5, 0.6) is 11.5 Å². The summed E-state index contributed by atoms with van der Waals surface area (Å²) in [4.78, 5) is 12.8. The molecule has 4 rings (SSSR count). The number of furan rings is 1. The number of carbonyl (C=O) groups is 1. The molecule has 1 N–H and O–H groups in total. The van der Waals surface area contributed by atoms with Gasteiger partial charge in [-0.15, -0.1) is 0 Å². The van der Waals surface area contributed by atoms with E-state index in [4.69, 9.17) is 13.9 Å². The fourth-order valence-corrected chi connectivity index (χ4v) is 4.21. The van der Waals surface area contributed by atoms with Crippen LogP contribution >= 0.6 is 0 Å². The Morgan fingerprint density at radius 2 is 1.77 bits per heavy atom. The number of rotatable bonds is 8. The first-order valence-corrected chi connectivity index (χ1v) is 11.9. The van der Waals surface area contributed by atoms with Gasteiger partial charge in [-0.25, -0.2) is 0 Å². The Bertz CT molecular complexity index is 1360. The maximum Gasteiger partial charge on any atom is 0.248 e. The van der Waals surface area contributed by atoms with Crippen molar-refractivity contribution in [2.45, 2.75) is 34.1 Å². The molecule has 0 bridgehead atoms. The summed E-state index contributed by atoms with van der Waals surface area (Å²) in [7, 11) is 1.65. The summed E-state index contributed by atoms with van der Waals surface area (Å²) in [6.07, 6.45) is 4.34. The zero-order valence-corrected chi connectivity index (χ0v) is 20.9. The predicted molar refractivity (Wildman–Crippen MR) is 142 cm³/mol. The molecule has 5 nitrogen and oxygen atoms in total. The summed E-state index contributed by atoms with van der Waals surface area (Å²) >= 11 is 0. The Kier molecular flexibility index (Phi) is 7.25. The summed E-state index contributed by atoms with van der Waals surface area (Å²) < 4.78 is 17.3. The average Bonchev–Trinajstić information content (AvgIpc) is 3.30. The third-order valence-electron chi connectivity index (χ3n) is 6.14. The number of hydrogen-bond acceptors (Lipinski definition) is 4. The second-order valence-corrected chi connectivity index (χ2v) is 8.43. The van der Waals surface area contributed by atoms with Crippen LogP contribution in [0.4, 0.5) is 5.69 Å². The quantitative estimate of drug-likeness (QED) is 0.273. The highest BCUT2D eigenvalue weighted by Crippen LogP contribution is 2.41. The molecule has 0 aliphatic carbocycles. The zero-order valence-electron chi connectivity index (χ0n) is 20.9. The van der Waals surface area contributed by atoms with E-state index in [1.165, 1.54) is 5.56 Å². The fourth-order valence-electron chi connectivity index (χ4n) is 4.21. The predicted octanol–water partition coefficient (Wildman–Crippen LogP) is 7.42. The molecular weight excluding hydrogens is 438 g/mol. The number of amides is 1. The van der Waals surface area contributed by atoms with E-state index in [2.05, 4.69) is 12.2 Å². The highest BCUT2D eigenvalue weighted by atomic mass is 16.5. The van der Waals surface area contributed by atoms with Crippen LogP contribution in [-0.2, 0) is 11.2 Å². The minimum atomic E-state index is -0.186. The Labute approximate surface area is 206 Å². The van der Waals surface area contributed by atoms with Gasteiger partial charge in [0.1, 0.15) is 17.1 Å². The van der Waals surface area contributed by atoms with Gasteiger partial charge in [-0.3, -0.25) is 4.79 Å². The van der Waals surface area contributed by atoms with Gasteiger partial charge in [0.15, 0.2) is 0 Å². The van der Waals surface area contributed by atoms with Gasteiger partial charge >= 0.3 is 0 Å². The van der Waals surface area contributed by atoms with Gasteiger partial charge in [-0.05, 0) is 74.2 Å². The molecule has 0 aliphatic rings. The van der Waals surface area contributed by atoms with E-state index in [9.17, 15) is 4.79 Å². The highest BCUT2D eigenvalue weighted by molar-refractivity contribution is 6.06. The zero-order chi connectivity index (χ0) is 24.9. The maximum absolute atomic E-state index is 12.8. The van der Waals surface area contributed by atoms with Crippen molar-refractivity contribution in [3.63, 3.8) is 0 Å². The van der Waals surface area contributed by atoms with E-state index < -0.39 is 0 Å². The molecule has 4 aromatic rings. The van der Waals surface area contributed by atoms with Gasteiger partial charge in [-0.2, -0.15) is 0 Å². The number of carbonyl (C=O) groups excluding carboxylic acids is 1. The Morgan fingerprint density at radius 3 is 2.40 bits per heavy atom. The lowest BCUT2D eigenvalue weighted by Gasteiger charge is -2.15. The Hall–Kier alpha value is -3.99. The van der Waals surface area contributed by atoms with Crippen molar-refractivity contribution >= 4 is 28.1 Å². The largest absolute Gasteiger partial charge is 0.497 e. The van der Waals surface area contributed by atoms with Crippen molar-refractivity contribution in [2.75, 3.05) is 19.0 Å². The first-order chi connectivity index (χ1) is 16.9. The molecule has 0 saturated carbocycles. The van der Waals surface area contributed by atoms with E-state index in [-0.39, 0.29) is 5.91 Å². The number of ether oxygens (including phenoxy) is 2. The molecule has 0 aliphatic heterocycles. The molecule has 0 radical (unpaired) electrons. The Morgan fingerprint density at radius 1 is 1.06 bits per heavy atom. The smallest absolute Gasteiger partial charge is 0.248 e. The lowest BCUT2D eigenvalue weighted by Crippen LogP contribution is -2.09. The molecule has 1 amide bonds. The number of methoxy groups -OCH3 is 1. The normalized spacial score (nSPS) is 11.5. The van der Waals surface area contributed by atoms with Crippen LogP contribution in [0.15, 0.2) is 71.4 Å². The van der Waals surface area contributed by atoms with Crippen LogP contribution in [0.3, 0.4) is 0 Å². The fraction of sp³-hybridized carbons (Fsp3) is 0.233. The number of fused-ring (bicyclic) bond motifs is 1. The molecular formula is C30H31NO4. The molecule has 5 heteroatoms. The van der Waals surface area contributed by atoms with Crippen LogP contribution in [-0.4, -0.2) is 19.6 Å². The van der Waals surface area contributed by atoms with Crippen molar-refractivity contribution in [3.8, 4) is 22.6 Å². The monoisotopic (exact) mass is 469 g/mol. The lowest BCUT2D eigenvalue weighted by molar-refractivity contribution is -0.111. The number of aryl methyl sites for hydroxylation is 2. The van der Waals surface area contributed by atoms with E-state index in [1.54, 1.807) is 19.4 Å². The number of allylic oxidation sites excluding steroid dienone is 1. The minimum Gasteiger partial charge on any atom is -0.497 e. The molecule has 1 aromatic heterocycles. The standard InChI is InChI=1S/C30H31NO4/c1-6-21-8-12-23(13-9-21)31-28(32)16-19(3)25-17-26-27(22-10-14-24(33-5)15-11-22)18-35-30(26)20(4)29(25)34-7-2/h8-18H,6-7H2,1-5H3,(H,31,32)/b19-16+. The molecule has 3 aromatic carbocycles. The topological polar surface area (TPSA) is 60.7 Å².